The predicted octanol–water partition coefficient (Wildman–Crippen LogP) is 5.79. The van der Waals surface area contributed by atoms with E-state index in [1.165, 1.54) is 36.9 Å². The topological polar surface area (TPSA) is 69.6 Å². The molecule has 0 aliphatic carbocycles. The van der Waals surface area contributed by atoms with E-state index in [-0.39, 0.29) is 50.0 Å². The molecule has 220 valence electrons. The second-order valence-electron chi connectivity index (χ2n) is 10.4. The van der Waals surface area contributed by atoms with Crippen LogP contribution in [0.4, 0.5) is 30.7 Å². The highest BCUT2D eigenvalue weighted by Crippen LogP contribution is 2.38. The van der Waals surface area contributed by atoms with Crippen molar-refractivity contribution in [2.45, 2.75) is 63.9 Å². The van der Waals surface area contributed by atoms with Gasteiger partial charge >= 0.3 is 12.4 Å². The lowest BCUT2D eigenvalue weighted by atomic mass is 9.78. The number of aliphatic hydroxyl groups is 1. The maximum absolute atomic E-state index is 13.8. The van der Waals surface area contributed by atoms with Crippen molar-refractivity contribution < 1.29 is 45.4 Å². The zero-order valence-corrected chi connectivity index (χ0v) is 22.2. The fourth-order valence-corrected chi connectivity index (χ4v) is 5.01. The molecule has 5 nitrogen and oxygen atoms in total. The van der Waals surface area contributed by atoms with Crippen LogP contribution in [-0.2, 0) is 21.9 Å². The molecule has 3 rings (SSSR count). The number of benzene rings is 2. The van der Waals surface area contributed by atoms with Crippen LogP contribution in [0.25, 0.3) is 0 Å². The van der Waals surface area contributed by atoms with E-state index in [1.54, 1.807) is 6.92 Å². The van der Waals surface area contributed by atoms with E-state index >= 15 is 0 Å². The molecule has 0 saturated carbocycles. The number of amides is 2. The van der Waals surface area contributed by atoms with Crippen molar-refractivity contribution in [1.29, 1.82) is 0 Å². The molecule has 1 aliphatic heterocycles. The van der Waals surface area contributed by atoms with E-state index in [0.717, 1.165) is 0 Å². The first-order valence-corrected chi connectivity index (χ1v) is 12.8. The van der Waals surface area contributed by atoms with Crippen molar-refractivity contribution in [3.63, 3.8) is 0 Å². The summed E-state index contributed by atoms with van der Waals surface area (Å²) < 4.78 is 93.4. The summed E-state index contributed by atoms with van der Waals surface area (Å²) in [5, 5.41) is 12.3. The standard InChI is InChI=1S/C28H31F7N2O3/c1-15-8-21(29)4-5-22(15)24-14-37(25(39)9-17(3)38)7-6-23(24)26(40)36-13-16(2)18-10-19(27(30,31)32)12-20(11-18)28(33,34)35/h4-5,8,10-12,16-17,23-24,38H,6-7,9,13-14H2,1-3H3,(H,36,40)/t16-,17-,23-,24+/m0/s1. The second-order valence-corrected chi connectivity index (χ2v) is 10.4. The Balaban J connectivity index is 1.82. The highest BCUT2D eigenvalue weighted by Gasteiger charge is 2.39. The molecule has 0 radical (unpaired) electrons. The Morgan fingerprint density at radius 2 is 1.62 bits per heavy atom. The molecule has 1 fully saturated rings. The Morgan fingerprint density at radius 1 is 1.02 bits per heavy atom. The minimum atomic E-state index is -4.99. The van der Waals surface area contributed by atoms with Crippen LogP contribution < -0.4 is 5.32 Å². The molecule has 0 spiro atoms. The van der Waals surface area contributed by atoms with Crippen LogP contribution >= 0.6 is 0 Å². The minimum absolute atomic E-state index is 0.0526. The smallest absolute Gasteiger partial charge is 0.393 e. The van der Waals surface area contributed by atoms with Gasteiger partial charge in [-0.05, 0) is 73.2 Å². The lowest BCUT2D eigenvalue weighted by Crippen LogP contribution is -2.48. The van der Waals surface area contributed by atoms with Crippen LogP contribution in [0.2, 0.25) is 0 Å². The van der Waals surface area contributed by atoms with Gasteiger partial charge in [0.25, 0.3) is 0 Å². The van der Waals surface area contributed by atoms with E-state index in [2.05, 4.69) is 5.32 Å². The van der Waals surface area contributed by atoms with Crippen LogP contribution in [0.15, 0.2) is 36.4 Å². The molecule has 2 aromatic rings. The number of likely N-dealkylation sites (tertiary alicyclic amines) is 1. The summed E-state index contributed by atoms with van der Waals surface area (Å²) in [4.78, 5) is 27.4. The number of piperidine rings is 1. The van der Waals surface area contributed by atoms with Crippen molar-refractivity contribution in [2.75, 3.05) is 19.6 Å². The molecule has 1 heterocycles. The Bertz CT molecular complexity index is 1200. The molecule has 0 bridgehead atoms. The van der Waals surface area contributed by atoms with Crippen LogP contribution in [0.1, 0.15) is 66.3 Å². The van der Waals surface area contributed by atoms with Crippen molar-refractivity contribution in [2.24, 2.45) is 5.92 Å². The van der Waals surface area contributed by atoms with Crippen LogP contribution in [-0.4, -0.2) is 47.6 Å². The monoisotopic (exact) mass is 576 g/mol. The van der Waals surface area contributed by atoms with Gasteiger partial charge in [0, 0.05) is 31.5 Å². The summed E-state index contributed by atoms with van der Waals surface area (Å²) in [6.07, 6.45) is -10.7. The summed E-state index contributed by atoms with van der Waals surface area (Å²) in [5.74, 6) is -3.39. The maximum Gasteiger partial charge on any atom is 0.416 e. The van der Waals surface area contributed by atoms with Crippen LogP contribution in [0.5, 0.6) is 0 Å². The third-order valence-corrected chi connectivity index (χ3v) is 7.17. The molecule has 4 atom stereocenters. The van der Waals surface area contributed by atoms with E-state index in [9.17, 15) is 45.4 Å². The van der Waals surface area contributed by atoms with Gasteiger partial charge in [-0.2, -0.15) is 26.3 Å². The Hall–Kier alpha value is -3.15. The third-order valence-electron chi connectivity index (χ3n) is 7.17. The fraction of sp³-hybridized carbons (Fsp3) is 0.500. The summed E-state index contributed by atoms with van der Waals surface area (Å²) in [5.41, 5.74) is -1.90. The number of carbonyl (C=O) groups excluding carboxylic acids is 2. The number of hydrogen-bond acceptors (Lipinski definition) is 3. The number of aliphatic hydroxyl groups excluding tert-OH is 1. The van der Waals surface area contributed by atoms with Gasteiger partial charge in [-0.1, -0.05) is 13.0 Å². The van der Waals surface area contributed by atoms with Crippen molar-refractivity contribution in [1.82, 2.24) is 10.2 Å². The number of carbonyl (C=O) groups is 2. The molecule has 1 saturated heterocycles. The van der Waals surface area contributed by atoms with Gasteiger partial charge in [-0.3, -0.25) is 9.59 Å². The average Bonchev–Trinajstić information content (AvgIpc) is 2.85. The van der Waals surface area contributed by atoms with Gasteiger partial charge in [-0.15, -0.1) is 0 Å². The van der Waals surface area contributed by atoms with Crippen LogP contribution in [0, 0.1) is 18.7 Å². The number of rotatable bonds is 7. The normalized spacial score (nSPS) is 19.7. The maximum atomic E-state index is 13.8. The third kappa shape index (κ3) is 7.74. The van der Waals surface area contributed by atoms with Crippen molar-refractivity contribution >= 4 is 11.8 Å². The highest BCUT2D eigenvalue weighted by molar-refractivity contribution is 5.81. The molecule has 12 heteroatoms. The van der Waals surface area contributed by atoms with E-state index in [1.807, 2.05) is 0 Å². The lowest BCUT2D eigenvalue weighted by Gasteiger charge is -2.39. The molecular formula is C28H31F7N2O3. The van der Waals surface area contributed by atoms with Gasteiger partial charge in [-0.25, -0.2) is 4.39 Å². The first-order chi connectivity index (χ1) is 18.5. The minimum Gasteiger partial charge on any atom is -0.393 e. The molecule has 1 aliphatic rings. The second kappa shape index (κ2) is 12.2. The number of nitrogens with zero attached hydrogens (tertiary/aromatic N) is 1. The lowest BCUT2D eigenvalue weighted by molar-refractivity contribution is -0.143. The SMILES string of the molecule is Cc1cc(F)ccc1[C@H]1CN(C(=O)C[C@H](C)O)CC[C@@H]1C(=O)NC[C@H](C)c1cc(C(F)(F)F)cc(C(F)(F)F)c1. The molecule has 40 heavy (non-hydrogen) atoms. The number of aryl methyl sites for hydroxylation is 1. The summed E-state index contributed by atoms with van der Waals surface area (Å²) in [6.45, 7) is 4.65. The molecule has 0 aromatic heterocycles. The van der Waals surface area contributed by atoms with E-state index < -0.39 is 59.1 Å². The van der Waals surface area contributed by atoms with Gasteiger partial charge in [0.15, 0.2) is 0 Å². The number of nitrogens with one attached hydrogen (secondary N) is 1. The fourth-order valence-electron chi connectivity index (χ4n) is 5.01. The first-order valence-electron chi connectivity index (χ1n) is 12.8. The Labute approximate surface area is 227 Å². The van der Waals surface area contributed by atoms with E-state index in [4.69, 9.17) is 0 Å². The average molecular weight is 577 g/mol. The number of hydrogen-bond donors (Lipinski definition) is 2. The van der Waals surface area contributed by atoms with Crippen LogP contribution in [0.3, 0.4) is 0 Å². The predicted molar refractivity (Wildman–Crippen MR) is 133 cm³/mol. The summed E-state index contributed by atoms with van der Waals surface area (Å²) in [7, 11) is 0. The molecule has 2 N–H and O–H groups in total. The molecule has 0 unspecified atom stereocenters. The summed E-state index contributed by atoms with van der Waals surface area (Å²) in [6, 6.07) is 5.40. The van der Waals surface area contributed by atoms with Crippen molar-refractivity contribution in [3.05, 3.63) is 70.0 Å². The zero-order chi connectivity index (χ0) is 30.0. The molecule has 2 amide bonds. The van der Waals surface area contributed by atoms with Gasteiger partial charge in [0.2, 0.25) is 11.8 Å². The van der Waals surface area contributed by atoms with Gasteiger partial charge < -0.3 is 15.3 Å². The molecular weight excluding hydrogens is 545 g/mol. The Kier molecular flexibility index (Phi) is 9.54. The zero-order valence-electron chi connectivity index (χ0n) is 22.2. The van der Waals surface area contributed by atoms with Gasteiger partial charge in [0.05, 0.1) is 23.7 Å². The van der Waals surface area contributed by atoms with Gasteiger partial charge in [0.1, 0.15) is 5.82 Å². The summed E-state index contributed by atoms with van der Waals surface area (Å²) >= 11 is 0. The highest BCUT2D eigenvalue weighted by atomic mass is 19.4. The Morgan fingerprint density at radius 3 is 2.15 bits per heavy atom. The number of halogens is 7. The quantitative estimate of drug-likeness (QED) is 0.410. The first kappa shape index (κ1) is 31.4. The van der Waals surface area contributed by atoms with Crippen molar-refractivity contribution in [3.8, 4) is 0 Å². The number of alkyl halides is 6. The molecule has 2 aromatic carbocycles. The largest absolute Gasteiger partial charge is 0.416 e. The van der Waals surface area contributed by atoms with E-state index in [0.29, 0.717) is 23.3 Å².